The third-order valence-electron chi connectivity index (χ3n) is 2.56. The Balaban J connectivity index is 2.48. The number of hydrogen-bond donors (Lipinski definition) is 3. The summed E-state index contributed by atoms with van der Waals surface area (Å²) < 4.78 is 0. The first-order valence-corrected chi connectivity index (χ1v) is 5.88. The molecule has 0 radical (unpaired) electrons. The normalized spacial score (nSPS) is 11.9. The molecule has 1 amide bonds. The monoisotopic (exact) mass is 250 g/mol. The average Bonchev–Trinajstić information content (AvgIpc) is 2.36. The van der Waals surface area contributed by atoms with E-state index in [2.05, 4.69) is 10.6 Å². The highest BCUT2D eigenvalue weighted by Crippen LogP contribution is 2.04. The largest absolute Gasteiger partial charge is 0.478 e. The second-order valence-electron chi connectivity index (χ2n) is 4.00. The molecule has 1 rings (SSSR count). The number of likely N-dealkylation sites (N-methyl/N-ethyl adjacent to an activating group) is 1. The zero-order valence-corrected chi connectivity index (χ0v) is 10.6. The lowest BCUT2D eigenvalue weighted by Crippen LogP contribution is -2.41. The van der Waals surface area contributed by atoms with Crippen LogP contribution >= 0.6 is 0 Å². The van der Waals surface area contributed by atoms with Gasteiger partial charge in [-0.05, 0) is 31.5 Å². The molecule has 1 unspecified atom stereocenters. The van der Waals surface area contributed by atoms with Crippen molar-refractivity contribution in [2.75, 3.05) is 6.54 Å². The molecule has 0 bridgehead atoms. The van der Waals surface area contributed by atoms with Crippen molar-refractivity contribution >= 4 is 11.9 Å². The number of rotatable bonds is 6. The fourth-order valence-electron chi connectivity index (χ4n) is 1.46. The number of amides is 1. The van der Waals surface area contributed by atoms with Gasteiger partial charge in [-0.1, -0.05) is 12.1 Å². The number of carbonyl (C=O) groups is 2. The standard InChI is InChI=1S/C13H18N2O3/c1-3-14-12(16)9(2)15-8-10-4-6-11(7-5-10)13(17)18/h4-7,9,15H,3,8H2,1-2H3,(H,14,16)(H,17,18). The molecule has 1 aromatic rings. The molecular weight excluding hydrogens is 232 g/mol. The Morgan fingerprint density at radius 2 is 1.89 bits per heavy atom. The molecule has 1 aromatic carbocycles. The van der Waals surface area contributed by atoms with Crippen molar-refractivity contribution in [2.24, 2.45) is 0 Å². The summed E-state index contributed by atoms with van der Waals surface area (Å²) in [6, 6.07) is 6.30. The summed E-state index contributed by atoms with van der Waals surface area (Å²) in [5.41, 5.74) is 1.20. The van der Waals surface area contributed by atoms with E-state index in [9.17, 15) is 9.59 Å². The fraction of sp³-hybridized carbons (Fsp3) is 0.385. The summed E-state index contributed by atoms with van der Waals surface area (Å²) in [6.07, 6.45) is 0. The third kappa shape index (κ3) is 4.18. The number of nitrogens with one attached hydrogen (secondary N) is 2. The minimum Gasteiger partial charge on any atom is -0.478 e. The highest BCUT2D eigenvalue weighted by Gasteiger charge is 2.10. The van der Waals surface area contributed by atoms with Crippen molar-refractivity contribution in [1.82, 2.24) is 10.6 Å². The topological polar surface area (TPSA) is 78.4 Å². The first-order chi connectivity index (χ1) is 8.54. The molecule has 0 aliphatic rings. The van der Waals surface area contributed by atoms with Gasteiger partial charge in [0.15, 0.2) is 0 Å². The second-order valence-corrected chi connectivity index (χ2v) is 4.00. The highest BCUT2D eigenvalue weighted by molar-refractivity contribution is 5.87. The Morgan fingerprint density at radius 1 is 1.28 bits per heavy atom. The minimum absolute atomic E-state index is 0.0420. The molecule has 0 saturated carbocycles. The van der Waals surface area contributed by atoms with Crippen molar-refractivity contribution in [3.05, 3.63) is 35.4 Å². The predicted octanol–water partition coefficient (Wildman–Crippen LogP) is 0.999. The molecular formula is C13H18N2O3. The summed E-state index contributed by atoms with van der Waals surface area (Å²) in [5.74, 6) is -0.982. The zero-order valence-electron chi connectivity index (χ0n) is 10.6. The highest BCUT2D eigenvalue weighted by atomic mass is 16.4. The van der Waals surface area contributed by atoms with Crippen LogP contribution in [0.15, 0.2) is 24.3 Å². The first kappa shape index (κ1) is 14.2. The number of benzene rings is 1. The van der Waals surface area contributed by atoms with E-state index in [0.29, 0.717) is 13.1 Å². The van der Waals surface area contributed by atoms with E-state index in [0.717, 1.165) is 5.56 Å². The summed E-state index contributed by atoms with van der Waals surface area (Å²) in [4.78, 5) is 22.1. The van der Waals surface area contributed by atoms with Crippen LogP contribution in [-0.4, -0.2) is 29.6 Å². The number of carboxylic acids is 1. The van der Waals surface area contributed by atoms with Crippen LogP contribution in [0.2, 0.25) is 0 Å². The lowest BCUT2D eigenvalue weighted by molar-refractivity contribution is -0.122. The molecule has 1 atom stereocenters. The summed E-state index contributed by atoms with van der Waals surface area (Å²) in [6.45, 7) is 4.79. The second kappa shape index (κ2) is 6.76. The van der Waals surface area contributed by atoms with Gasteiger partial charge < -0.3 is 15.7 Å². The quantitative estimate of drug-likeness (QED) is 0.703. The SMILES string of the molecule is CCNC(=O)C(C)NCc1ccc(C(=O)O)cc1. The van der Waals surface area contributed by atoms with E-state index in [1.54, 1.807) is 31.2 Å². The van der Waals surface area contributed by atoms with E-state index >= 15 is 0 Å². The zero-order chi connectivity index (χ0) is 13.5. The lowest BCUT2D eigenvalue weighted by Gasteiger charge is -2.13. The van der Waals surface area contributed by atoms with E-state index < -0.39 is 5.97 Å². The molecule has 0 aliphatic heterocycles. The van der Waals surface area contributed by atoms with Crippen LogP contribution in [0.5, 0.6) is 0 Å². The van der Waals surface area contributed by atoms with Crippen LogP contribution in [-0.2, 0) is 11.3 Å². The van der Waals surface area contributed by atoms with Gasteiger partial charge in [0.1, 0.15) is 0 Å². The average molecular weight is 250 g/mol. The molecule has 98 valence electrons. The van der Waals surface area contributed by atoms with Crippen molar-refractivity contribution in [1.29, 1.82) is 0 Å². The van der Waals surface area contributed by atoms with Crippen LogP contribution in [0.25, 0.3) is 0 Å². The Labute approximate surface area is 106 Å². The summed E-state index contributed by atoms with van der Waals surface area (Å²) in [5, 5.41) is 14.6. The smallest absolute Gasteiger partial charge is 0.335 e. The Morgan fingerprint density at radius 3 is 2.39 bits per heavy atom. The number of aromatic carboxylic acids is 1. The molecule has 3 N–H and O–H groups in total. The molecule has 18 heavy (non-hydrogen) atoms. The van der Waals surface area contributed by atoms with Gasteiger partial charge in [-0.15, -0.1) is 0 Å². The fourth-order valence-corrected chi connectivity index (χ4v) is 1.46. The van der Waals surface area contributed by atoms with E-state index in [1.807, 2.05) is 6.92 Å². The van der Waals surface area contributed by atoms with Crippen LogP contribution < -0.4 is 10.6 Å². The van der Waals surface area contributed by atoms with Crippen LogP contribution in [0.3, 0.4) is 0 Å². The van der Waals surface area contributed by atoms with Crippen LogP contribution in [0.4, 0.5) is 0 Å². The first-order valence-electron chi connectivity index (χ1n) is 5.88. The Bertz CT molecular complexity index is 415. The predicted molar refractivity (Wildman–Crippen MR) is 68.4 cm³/mol. The maximum Gasteiger partial charge on any atom is 0.335 e. The molecule has 0 aliphatic carbocycles. The number of carbonyl (C=O) groups excluding carboxylic acids is 1. The third-order valence-corrected chi connectivity index (χ3v) is 2.56. The number of carboxylic acid groups (broad SMARTS) is 1. The maximum absolute atomic E-state index is 11.5. The minimum atomic E-state index is -0.940. The van der Waals surface area contributed by atoms with E-state index in [4.69, 9.17) is 5.11 Å². The number of hydrogen-bond acceptors (Lipinski definition) is 3. The molecule has 5 heteroatoms. The Hall–Kier alpha value is -1.88. The van der Waals surface area contributed by atoms with Gasteiger partial charge >= 0.3 is 5.97 Å². The molecule has 0 saturated heterocycles. The van der Waals surface area contributed by atoms with E-state index in [1.165, 1.54) is 0 Å². The molecule has 5 nitrogen and oxygen atoms in total. The molecule has 0 spiro atoms. The van der Waals surface area contributed by atoms with Gasteiger partial charge in [0.2, 0.25) is 5.91 Å². The van der Waals surface area contributed by atoms with Gasteiger partial charge in [0.05, 0.1) is 11.6 Å². The Kier molecular flexibility index (Phi) is 5.32. The molecule has 0 heterocycles. The summed E-state index contributed by atoms with van der Waals surface area (Å²) in [7, 11) is 0. The summed E-state index contributed by atoms with van der Waals surface area (Å²) >= 11 is 0. The van der Waals surface area contributed by atoms with Crippen molar-refractivity contribution in [3.8, 4) is 0 Å². The van der Waals surface area contributed by atoms with Crippen molar-refractivity contribution in [3.63, 3.8) is 0 Å². The van der Waals surface area contributed by atoms with E-state index in [-0.39, 0.29) is 17.5 Å². The van der Waals surface area contributed by atoms with Gasteiger partial charge in [-0.25, -0.2) is 4.79 Å². The van der Waals surface area contributed by atoms with Crippen LogP contribution in [0.1, 0.15) is 29.8 Å². The van der Waals surface area contributed by atoms with Gasteiger partial charge in [0.25, 0.3) is 0 Å². The van der Waals surface area contributed by atoms with Crippen molar-refractivity contribution in [2.45, 2.75) is 26.4 Å². The molecule has 0 aromatic heterocycles. The maximum atomic E-state index is 11.5. The van der Waals surface area contributed by atoms with Gasteiger partial charge in [-0.3, -0.25) is 4.79 Å². The molecule has 0 fully saturated rings. The lowest BCUT2D eigenvalue weighted by atomic mass is 10.1. The van der Waals surface area contributed by atoms with Gasteiger partial charge in [0, 0.05) is 13.1 Å². The van der Waals surface area contributed by atoms with Crippen molar-refractivity contribution < 1.29 is 14.7 Å². The van der Waals surface area contributed by atoms with Gasteiger partial charge in [-0.2, -0.15) is 0 Å². The van der Waals surface area contributed by atoms with Crippen LogP contribution in [0, 0.1) is 0 Å².